The van der Waals surface area contributed by atoms with Crippen molar-refractivity contribution in [2.24, 2.45) is 0 Å². The molecule has 6 heteroatoms. The molecular weight excluding hydrogens is 374 g/mol. The van der Waals surface area contributed by atoms with Crippen molar-refractivity contribution in [2.75, 3.05) is 11.9 Å². The topological polar surface area (TPSA) is 73.9 Å². The van der Waals surface area contributed by atoms with Crippen LogP contribution >= 0.6 is 0 Å². The maximum absolute atomic E-state index is 13.0. The van der Waals surface area contributed by atoms with E-state index in [-0.39, 0.29) is 5.91 Å². The van der Waals surface area contributed by atoms with Crippen LogP contribution in [-0.4, -0.2) is 38.3 Å². The number of rotatable bonds is 4. The van der Waals surface area contributed by atoms with Crippen molar-refractivity contribution < 1.29 is 4.79 Å². The maximum atomic E-state index is 13.0. The Kier molecular flexibility index (Phi) is 4.72. The molecular formula is C24H23N5O. The number of aromatic nitrogens is 3. The van der Waals surface area contributed by atoms with Crippen LogP contribution < -0.4 is 5.32 Å². The number of hydrogen-bond donors (Lipinski definition) is 2. The first-order chi connectivity index (χ1) is 14.7. The van der Waals surface area contributed by atoms with Gasteiger partial charge in [-0.25, -0.2) is 9.97 Å². The predicted octanol–water partition coefficient (Wildman–Crippen LogP) is 2.76. The first kappa shape index (κ1) is 18.4. The van der Waals surface area contributed by atoms with Crippen LogP contribution in [0.5, 0.6) is 0 Å². The molecule has 150 valence electrons. The second-order valence-corrected chi connectivity index (χ2v) is 7.91. The van der Waals surface area contributed by atoms with E-state index in [1.165, 1.54) is 11.1 Å². The fourth-order valence-corrected chi connectivity index (χ4v) is 4.43. The molecule has 0 saturated heterocycles. The second-order valence-electron chi connectivity index (χ2n) is 7.91. The number of nitrogens with one attached hydrogen (secondary N) is 2. The monoisotopic (exact) mass is 397 g/mol. The van der Waals surface area contributed by atoms with Crippen molar-refractivity contribution in [3.63, 3.8) is 0 Å². The molecule has 2 aromatic heterocycles. The Labute approximate surface area is 175 Å². The van der Waals surface area contributed by atoms with Gasteiger partial charge in [0, 0.05) is 55.6 Å². The van der Waals surface area contributed by atoms with Gasteiger partial charge in [-0.3, -0.25) is 4.79 Å². The van der Waals surface area contributed by atoms with Gasteiger partial charge in [-0.15, -0.1) is 12.3 Å². The molecule has 2 aliphatic rings. The Balaban J connectivity index is 1.27. The fourth-order valence-electron chi connectivity index (χ4n) is 4.43. The minimum Gasteiger partial charge on any atom is -0.364 e. The molecule has 0 spiro atoms. The molecule has 0 atom stereocenters. The van der Waals surface area contributed by atoms with Gasteiger partial charge >= 0.3 is 0 Å². The third kappa shape index (κ3) is 3.43. The molecule has 3 heterocycles. The molecule has 1 amide bonds. The van der Waals surface area contributed by atoms with Crippen LogP contribution in [0, 0.1) is 12.3 Å². The lowest BCUT2D eigenvalue weighted by Crippen LogP contribution is -2.37. The van der Waals surface area contributed by atoms with E-state index in [0.29, 0.717) is 37.1 Å². The lowest BCUT2D eigenvalue weighted by Gasteiger charge is -2.28. The van der Waals surface area contributed by atoms with Gasteiger partial charge in [0.15, 0.2) is 0 Å². The van der Waals surface area contributed by atoms with Crippen molar-refractivity contribution >= 4 is 11.9 Å². The van der Waals surface area contributed by atoms with Gasteiger partial charge in [0.2, 0.25) is 5.95 Å². The van der Waals surface area contributed by atoms with Gasteiger partial charge in [-0.2, -0.15) is 0 Å². The van der Waals surface area contributed by atoms with Crippen molar-refractivity contribution in [2.45, 2.75) is 38.3 Å². The molecule has 0 bridgehead atoms. The Hall–Kier alpha value is -3.59. The third-order valence-electron chi connectivity index (χ3n) is 5.95. The van der Waals surface area contributed by atoms with Gasteiger partial charge in [-0.1, -0.05) is 24.3 Å². The van der Waals surface area contributed by atoms with Crippen molar-refractivity contribution in [3.8, 4) is 12.3 Å². The second kappa shape index (κ2) is 7.68. The summed E-state index contributed by atoms with van der Waals surface area (Å²) in [6.45, 7) is 1.15. The van der Waals surface area contributed by atoms with Crippen LogP contribution in [0.1, 0.15) is 38.4 Å². The molecule has 0 fully saturated rings. The van der Waals surface area contributed by atoms with Gasteiger partial charge < -0.3 is 15.2 Å². The highest BCUT2D eigenvalue weighted by Gasteiger charge is 2.26. The number of H-pyrrole nitrogens is 1. The van der Waals surface area contributed by atoms with Gasteiger partial charge in [0.25, 0.3) is 5.91 Å². The van der Waals surface area contributed by atoms with Crippen molar-refractivity contribution in [1.29, 1.82) is 0 Å². The Morgan fingerprint density at radius 3 is 2.80 bits per heavy atom. The minimum atomic E-state index is -0.00179. The van der Waals surface area contributed by atoms with Crippen LogP contribution in [0.2, 0.25) is 0 Å². The summed E-state index contributed by atoms with van der Waals surface area (Å²) < 4.78 is 0. The molecule has 2 N–H and O–H groups in total. The van der Waals surface area contributed by atoms with Crippen LogP contribution in [0.3, 0.4) is 0 Å². The number of terminal acetylenes is 1. The largest absolute Gasteiger partial charge is 0.364 e. The van der Waals surface area contributed by atoms with E-state index in [4.69, 9.17) is 11.4 Å². The minimum absolute atomic E-state index is 0.00179. The Morgan fingerprint density at radius 2 is 2.03 bits per heavy atom. The molecule has 0 saturated carbocycles. The Bertz CT molecular complexity index is 1120. The zero-order valence-corrected chi connectivity index (χ0v) is 16.7. The molecule has 1 aliphatic carbocycles. The summed E-state index contributed by atoms with van der Waals surface area (Å²) in [5, 5.41) is 3.49. The SMILES string of the molecule is C#CCc1[nH]ccc1C(=O)N1CCc2nc(NC3Cc4ccccc4C3)ncc2C1. The quantitative estimate of drug-likeness (QED) is 0.664. The average Bonchev–Trinajstić information content (AvgIpc) is 3.39. The van der Waals surface area contributed by atoms with Gasteiger partial charge in [0.1, 0.15) is 0 Å². The van der Waals surface area contributed by atoms with E-state index in [9.17, 15) is 4.79 Å². The molecule has 30 heavy (non-hydrogen) atoms. The first-order valence-electron chi connectivity index (χ1n) is 10.3. The molecule has 1 aliphatic heterocycles. The highest BCUT2D eigenvalue weighted by molar-refractivity contribution is 5.95. The zero-order chi connectivity index (χ0) is 20.5. The van der Waals surface area contributed by atoms with Crippen LogP contribution in [0.4, 0.5) is 5.95 Å². The average molecular weight is 397 g/mol. The zero-order valence-electron chi connectivity index (χ0n) is 16.7. The number of hydrogen-bond acceptors (Lipinski definition) is 4. The summed E-state index contributed by atoms with van der Waals surface area (Å²) >= 11 is 0. The number of fused-ring (bicyclic) bond motifs is 2. The maximum Gasteiger partial charge on any atom is 0.256 e. The molecule has 0 radical (unpaired) electrons. The van der Waals surface area contributed by atoms with Crippen molar-refractivity contribution in [1.82, 2.24) is 19.9 Å². The summed E-state index contributed by atoms with van der Waals surface area (Å²) in [5.41, 5.74) is 6.26. The standard InChI is InChI=1S/C24H23N5O/c1-2-5-22-20(8-10-25-22)23(30)29-11-9-21-18(15-29)14-26-24(28-21)27-19-12-16-6-3-4-7-17(16)13-19/h1,3-4,6-8,10,14,19,25H,5,9,11-13,15H2,(H,26,27,28). The van der Waals surface area contributed by atoms with Crippen LogP contribution in [0.25, 0.3) is 0 Å². The van der Waals surface area contributed by atoms with Crippen LogP contribution in [-0.2, 0) is 32.2 Å². The first-order valence-corrected chi connectivity index (χ1v) is 10.3. The summed E-state index contributed by atoms with van der Waals surface area (Å²) in [4.78, 5) is 27.1. The number of carbonyl (C=O) groups excluding carboxylic acids is 1. The number of anilines is 1. The molecule has 6 nitrogen and oxygen atoms in total. The number of nitrogens with zero attached hydrogens (tertiary/aromatic N) is 3. The van der Waals surface area contributed by atoms with E-state index >= 15 is 0 Å². The highest BCUT2D eigenvalue weighted by atomic mass is 16.2. The van der Waals surface area contributed by atoms with Crippen LogP contribution in [0.15, 0.2) is 42.7 Å². The number of aromatic amines is 1. The van der Waals surface area contributed by atoms with Gasteiger partial charge in [-0.05, 0) is 30.0 Å². The molecule has 3 aromatic rings. The fraction of sp³-hybridized carbons (Fsp3) is 0.292. The highest BCUT2D eigenvalue weighted by Crippen LogP contribution is 2.25. The van der Waals surface area contributed by atoms with Crippen molar-refractivity contribution in [3.05, 3.63) is 76.4 Å². The van der Waals surface area contributed by atoms with E-state index in [2.05, 4.69) is 45.5 Å². The smallest absolute Gasteiger partial charge is 0.256 e. The van der Waals surface area contributed by atoms with E-state index in [1.807, 2.05) is 11.1 Å². The number of carbonyl (C=O) groups is 1. The van der Waals surface area contributed by atoms with E-state index in [1.54, 1.807) is 12.3 Å². The lowest BCUT2D eigenvalue weighted by molar-refractivity contribution is 0.0732. The van der Waals surface area contributed by atoms with E-state index in [0.717, 1.165) is 36.2 Å². The van der Waals surface area contributed by atoms with E-state index < -0.39 is 0 Å². The Morgan fingerprint density at radius 1 is 1.23 bits per heavy atom. The summed E-state index contributed by atoms with van der Waals surface area (Å²) in [5.74, 6) is 3.27. The lowest BCUT2D eigenvalue weighted by atomic mass is 10.1. The summed E-state index contributed by atoms with van der Waals surface area (Å²) in [6, 6.07) is 10.7. The number of amides is 1. The molecule has 1 aromatic carbocycles. The number of benzene rings is 1. The summed E-state index contributed by atoms with van der Waals surface area (Å²) in [6.07, 6.45) is 12.2. The molecule has 5 rings (SSSR count). The predicted molar refractivity (Wildman–Crippen MR) is 115 cm³/mol. The molecule has 0 unspecified atom stereocenters. The summed E-state index contributed by atoms with van der Waals surface area (Å²) in [7, 11) is 0. The normalized spacial score (nSPS) is 15.4. The third-order valence-corrected chi connectivity index (χ3v) is 5.95. The van der Waals surface area contributed by atoms with Gasteiger partial charge in [0.05, 0.1) is 11.3 Å².